The van der Waals surface area contributed by atoms with Gasteiger partial charge in [-0.1, -0.05) is 12.1 Å². The van der Waals surface area contributed by atoms with Gasteiger partial charge in [0.25, 0.3) is 0 Å². The molecule has 0 aliphatic carbocycles. The van der Waals surface area contributed by atoms with Gasteiger partial charge < -0.3 is 9.84 Å². The summed E-state index contributed by atoms with van der Waals surface area (Å²) in [6, 6.07) is 5.85. The van der Waals surface area contributed by atoms with Crippen LogP contribution in [0.3, 0.4) is 0 Å². The summed E-state index contributed by atoms with van der Waals surface area (Å²) in [5.41, 5.74) is -0.0160. The van der Waals surface area contributed by atoms with Crippen LogP contribution in [0.2, 0.25) is 0 Å². The molecule has 0 unspecified atom stereocenters. The predicted octanol–water partition coefficient (Wildman–Crippen LogP) is 1.09. The molecular weight excluding hydrogens is 228 g/mol. The largest absolute Gasteiger partial charge is 0.507 e. The Morgan fingerprint density at radius 2 is 1.86 bits per heavy atom. The Morgan fingerprint density at radius 3 is 2.36 bits per heavy atom. The Balaban J connectivity index is 0.00000169. The summed E-state index contributed by atoms with van der Waals surface area (Å²) in [4.78, 5) is 21.5. The number of phenols is 1. The van der Waals surface area contributed by atoms with Crippen molar-refractivity contribution in [2.75, 3.05) is 0 Å². The minimum absolute atomic E-state index is 0. The van der Waals surface area contributed by atoms with Gasteiger partial charge in [0.05, 0.1) is 0 Å². The van der Waals surface area contributed by atoms with E-state index < -0.39 is 11.9 Å². The van der Waals surface area contributed by atoms with E-state index in [0.717, 1.165) is 6.92 Å². The number of carbonyl (C=O) groups excluding carboxylic acids is 2. The Bertz CT molecular complexity index is 348. The normalized spacial score (nSPS) is 8.64. The van der Waals surface area contributed by atoms with E-state index in [9.17, 15) is 14.7 Å². The molecule has 1 aromatic rings. The fourth-order valence-corrected chi connectivity index (χ4v) is 0.832. The van der Waals surface area contributed by atoms with Crippen molar-refractivity contribution in [3.8, 4) is 5.75 Å². The first-order valence-electron chi connectivity index (χ1n) is 3.62. The average molecular weight is 236 g/mol. The molecule has 0 heterocycles. The van der Waals surface area contributed by atoms with Crippen LogP contribution < -0.4 is 0 Å². The summed E-state index contributed by atoms with van der Waals surface area (Å²) in [7, 11) is 0. The van der Waals surface area contributed by atoms with E-state index in [2.05, 4.69) is 4.74 Å². The predicted molar refractivity (Wildman–Crippen MR) is 44.2 cm³/mol. The maximum atomic E-state index is 11.1. The third kappa shape index (κ3) is 3.20. The molecular formula is C9H8FeO4. The molecule has 0 bridgehead atoms. The van der Waals surface area contributed by atoms with Crippen molar-refractivity contribution >= 4 is 11.9 Å². The fourth-order valence-electron chi connectivity index (χ4n) is 0.832. The van der Waals surface area contributed by atoms with E-state index in [-0.39, 0.29) is 28.4 Å². The minimum Gasteiger partial charge on any atom is -0.507 e. The molecule has 1 rings (SSSR count). The first-order chi connectivity index (χ1) is 6.11. The number of esters is 2. The van der Waals surface area contributed by atoms with E-state index in [0.29, 0.717) is 0 Å². The first kappa shape index (κ1) is 12.7. The van der Waals surface area contributed by atoms with Crippen molar-refractivity contribution in [1.29, 1.82) is 0 Å². The van der Waals surface area contributed by atoms with Crippen LogP contribution >= 0.6 is 0 Å². The zero-order chi connectivity index (χ0) is 9.84. The quantitative estimate of drug-likeness (QED) is 0.450. The zero-order valence-corrected chi connectivity index (χ0v) is 8.44. The third-order valence-corrected chi connectivity index (χ3v) is 1.36. The van der Waals surface area contributed by atoms with Gasteiger partial charge in [-0.05, 0) is 12.1 Å². The maximum absolute atomic E-state index is 11.1. The van der Waals surface area contributed by atoms with E-state index in [1.54, 1.807) is 12.1 Å². The van der Waals surface area contributed by atoms with Crippen molar-refractivity contribution < 1.29 is 36.5 Å². The number of hydrogen-bond donors (Lipinski definition) is 1. The molecule has 5 heteroatoms. The second-order valence-corrected chi connectivity index (χ2v) is 2.40. The number of phenolic OH excluding ortho intramolecular Hbond substituents is 1. The summed E-state index contributed by atoms with van der Waals surface area (Å²) >= 11 is 0. The van der Waals surface area contributed by atoms with Crippen molar-refractivity contribution in [2.45, 2.75) is 6.92 Å². The molecule has 0 atom stereocenters. The molecule has 0 radical (unpaired) electrons. The summed E-state index contributed by atoms with van der Waals surface area (Å²) < 4.78 is 4.28. The Hall–Kier alpha value is -1.32. The number of hydrogen-bond acceptors (Lipinski definition) is 4. The van der Waals surface area contributed by atoms with Crippen LogP contribution in [0.25, 0.3) is 0 Å². The van der Waals surface area contributed by atoms with E-state index in [1.807, 2.05) is 0 Å². The second-order valence-electron chi connectivity index (χ2n) is 2.40. The van der Waals surface area contributed by atoms with Gasteiger partial charge >= 0.3 is 11.9 Å². The summed E-state index contributed by atoms with van der Waals surface area (Å²) in [6.45, 7) is 1.12. The molecule has 0 aromatic heterocycles. The van der Waals surface area contributed by atoms with Crippen LogP contribution in [0.1, 0.15) is 17.3 Å². The van der Waals surface area contributed by atoms with Crippen LogP contribution in [-0.2, 0) is 26.6 Å². The molecule has 14 heavy (non-hydrogen) atoms. The maximum Gasteiger partial charge on any atom is 0.349 e. The zero-order valence-electron chi connectivity index (χ0n) is 7.33. The minimum atomic E-state index is -0.842. The number of benzene rings is 1. The van der Waals surface area contributed by atoms with Crippen LogP contribution in [0, 0.1) is 0 Å². The number of para-hydroxylation sites is 1. The van der Waals surface area contributed by atoms with Crippen molar-refractivity contribution in [1.82, 2.24) is 0 Å². The van der Waals surface area contributed by atoms with Crippen LogP contribution in [-0.4, -0.2) is 17.0 Å². The number of ether oxygens (including phenoxy) is 1. The van der Waals surface area contributed by atoms with E-state index in [4.69, 9.17) is 0 Å². The Kier molecular flexibility index (Phi) is 4.91. The van der Waals surface area contributed by atoms with Gasteiger partial charge in [-0.3, -0.25) is 4.79 Å². The molecule has 0 saturated carbocycles. The van der Waals surface area contributed by atoms with Gasteiger partial charge in [0, 0.05) is 24.0 Å². The number of aromatic hydroxyl groups is 1. The monoisotopic (exact) mass is 236 g/mol. The van der Waals surface area contributed by atoms with Crippen LogP contribution in [0.5, 0.6) is 5.75 Å². The topological polar surface area (TPSA) is 63.6 Å². The van der Waals surface area contributed by atoms with Crippen LogP contribution in [0.4, 0.5) is 0 Å². The average Bonchev–Trinajstić information content (AvgIpc) is 2.03. The van der Waals surface area contributed by atoms with E-state index >= 15 is 0 Å². The van der Waals surface area contributed by atoms with Gasteiger partial charge in [-0.2, -0.15) is 0 Å². The molecule has 4 nitrogen and oxygen atoms in total. The summed E-state index contributed by atoms with van der Waals surface area (Å²) in [5.74, 6) is -1.74. The fraction of sp³-hybridized carbons (Fsp3) is 0.111. The van der Waals surface area contributed by atoms with Gasteiger partial charge in [0.2, 0.25) is 0 Å². The van der Waals surface area contributed by atoms with Crippen molar-refractivity contribution in [2.24, 2.45) is 0 Å². The molecule has 0 saturated heterocycles. The molecule has 0 amide bonds. The van der Waals surface area contributed by atoms with Gasteiger partial charge in [0.1, 0.15) is 11.3 Å². The Morgan fingerprint density at radius 1 is 1.29 bits per heavy atom. The molecule has 76 valence electrons. The SMILES string of the molecule is CC(=O)OC(=O)c1ccccc1O.[Fe]. The van der Waals surface area contributed by atoms with Gasteiger partial charge in [0.15, 0.2) is 0 Å². The van der Waals surface area contributed by atoms with E-state index in [1.165, 1.54) is 12.1 Å². The van der Waals surface area contributed by atoms with Gasteiger partial charge in [-0.25, -0.2) is 4.79 Å². The summed E-state index contributed by atoms with van der Waals surface area (Å²) in [5, 5.41) is 9.18. The van der Waals surface area contributed by atoms with Crippen molar-refractivity contribution in [3.63, 3.8) is 0 Å². The van der Waals surface area contributed by atoms with Gasteiger partial charge in [-0.15, -0.1) is 0 Å². The Labute approximate surface area is 91.4 Å². The van der Waals surface area contributed by atoms with Crippen LogP contribution in [0.15, 0.2) is 24.3 Å². The standard InChI is InChI=1S/C9H8O4.Fe/c1-6(10)13-9(12)7-4-2-3-5-8(7)11;/h2-5,11H,1H3;. The summed E-state index contributed by atoms with van der Waals surface area (Å²) in [6.07, 6.45) is 0. The molecule has 0 aliphatic rings. The number of carbonyl (C=O) groups is 2. The molecule has 0 spiro atoms. The molecule has 0 fully saturated rings. The van der Waals surface area contributed by atoms with Crippen molar-refractivity contribution in [3.05, 3.63) is 29.8 Å². The third-order valence-electron chi connectivity index (χ3n) is 1.36. The molecule has 0 aliphatic heterocycles. The second kappa shape index (κ2) is 5.42. The smallest absolute Gasteiger partial charge is 0.349 e. The molecule has 1 N–H and O–H groups in total. The first-order valence-corrected chi connectivity index (χ1v) is 3.62. The molecule has 1 aromatic carbocycles. The number of rotatable bonds is 1.